The quantitative estimate of drug-likeness (QED) is 0.115. The number of aromatic nitrogens is 4. The molecule has 2 unspecified atom stereocenters. The number of thiophene rings is 1. The van der Waals surface area contributed by atoms with Gasteiger partial charge in [-0.25, -0.2) is 4.98 Å². The van der Waals surface area contributed by atoms with E-state index in [4.69, 9.17) is 4.52 Å². The number of likely N-dealkylation sites (tertiary alicyclic amines) is 2. The van der Waals surface area contributed by atoms with Crippen LogP contribution in [-0.4, -0.2) is 90.0 Å². The molecule has 6 heterocycles. The Labute approximate surface area is 364 Å². The summed E-state index contributed by atoms with van der Waals surface area (Å²) in [6, 6.07) is 18.8. The Balaban J connectivity index is 0.797. The molecule has 2 aromatic carbocycles. The van der Waals surface area contributed by atoms with Gasteiger partial charge in [0.25, 0.3) is 0 Å². The molecular weight excluding hydrogens is 807 g/mol. The number of fused-ring (bicyclic) bond motifs is 1. The van der Waals surface area contributed by atoms with Gasteiger partial charge < -0.3 is 29.9 Å². The Morgan fingerprint density at radius 3 is 2.41 bits per heavy atom. The number of amides is 2. The fraction of sp³-hybridized carbons (Fsp3) is 0.447. The van der Waals surface area contributed by atoms with E-state index in [0.29, 0.717) is 29.0 Å². The van der Waals surface area contributed by atoms with Crippen LogP contribution in [0.1, 0.15) is 110 Å². The Hall–Kier alpha value is -5.02. The van der Waals surface area contributed by atoms with Crippen LogP contribution in [0.2, 0.25) is 0 Å². The number of carbonyl (C=O) groups excluding carboxylic acids is 2. The lowest BCUT2D eigenvalue weighted by Gasteiger charge is -2.45. The number of nitrogens with zero attached hydrogens (tertiary/aromatic N) is 6. The first kappa shape index (κ1) is 41.3. The Kier molecular flexibility index (Phi) is 11.5. The van der Waals surface area contributed by atoms with E-state index in [1.165, 1.54) is 10.4 Å². The number of thiazole rings is 1. The van der Waals surface area contributed by atoms with Crippen LogP contribution in [0, 0.1) is 19.8 Å². The third-order valence-electron chi connectivity index (χ3n) is 13.3. The van der Waals surface area contributed by atoms with Gasteiger partial charge in [-0.3, -0.25) is 9.59 Å². The monoisotopic (exact) mass is 859 g/mol. The van der Waals surface area contributed by atoms with Crippen LogP contribution >= 0.6 is 22.7 Å². The third-order valence-corrected chi connectivity index (χ3v) is 15.6. The van der Waals surface area contributed by atoms with Crippen molar-refractivity contribution in [1.82, 2.24) is 35.5 Å². The predicted octanol–water partition coefficient (Wildman–Crippen LogP) is 8.50. The first-order valence-corrected chi connectivity index (χ1v) is 23.2. The van der Waals surface area contributed by atoms with Crippen LogP contribution < -0.4 is 5.32 Å². The number of benzene rings is 2. The number of hydrogen-bond donors (Lipinski definition) is 3. The number of phenolic OH excluding ortho intramolecular Hbond substituents is 1. The van der Waals surface area contributed by atoms with Crippen molar-refractivity contribution in [2.75, 3.05) is 19.6 Å². The lowest BCUT2D eigenvalue weighted by Crippen LogP contribution is -2.48. The van der Waals surface area contributed by atoms with Crippen LogP contribution in [0.5, 0.6) is 5.75 Å². The van der Waals surface area contributed by atoms with Gasteiger partial charge in [-0.05, 0) is 106 Å². The second-order valence-electron chi connectivity index (χ2n) is 17.6. The average Bonchev–Trinajstić information content (AvgIpc) is 4.05. The molecule has 61 heavy (non-hydrogen) atoms. The molecule has 14 heteroatoms. The van der Waals surface area contributed by atoms with Gasteiger partial charge in [0.05, 0.1) is 39.6 Å². The summed E-state index contributed by atoms with van der Waals surface area (Å²) in [5.41, 5.74) is 8.39. The van der Waals surface area contributed by atoms with E-state index >= 15 is 0 Å². The molecule has 3 N–H and O–H groups in total. The van der Waals surface area contributed by atoms with E-state index in [0.717, 1.165) is 76.4 Å². The lowest BCUT2D eigenvalue weighted by atomic mass is 9.76. The topological polar surface area (TPSA) is 158 Å². The minimum absolute atomic E-state index is 0.0938. The maximum Gasteiger partial charge on any atom is 0.243 e. The van der Waals surface area contributed by atoms with Crippen molar-refractivity contribution in [3.8, 4) is 27.4 Å². The second-order valence-corrected chi connectivity index (χ2v) is 19.5. The molecular formula is C47H53N7O5S2. The smallest absolute Gasteiger partial charge is 0.243 e. The zero-order chi connectivity index (χ0) is 42.5. The number of phenols is 1. The number of para-hydroxylation sites is 1. The number of aliphatic hydroxyl groups excluding tert-OH is 1. The van der Waals surface area contributed by atoms with Crippen LogP contribution in [0.3, 0.4) is 0 Å². The highest BCUT2D eigenvalue weighted by Gasteiger charge is 2.44. The summed E-state index contributed by atoms with van der Waals surface area (Å²) in [7, 11) is 0. The van der Waals surface area contributed by atoms with E-state index in [1.807, 2.05) is 81.7 Å². The minimum Gasteiger partial charge on any atom is -0.507 e. The zero-order valence-corrected chi connectivity index (χ0v) is 36.9. The van der Waals surface area contributed by atoms with Crippen LogP contribution in [0.25, 0.3) is 31.9 Å². The Bertz CT molecular complexity index is 2540. The van der Waals surface area contributed by atoms with Crippen molar-refractivity contribution in [1.29, 1.82) is 0 Å². The normalized spacial score (nSPS) is 22.1. The van der Waals surface area contributed by atoms with E-state index < -0.39 is 18.1 Å². The molecule has 1 aliphatic carbocycles. The van der Waals surface area contributed by atoms with Gasteiger partial charge in [0, 0.05) is 46.8 Å². The number of β-amino-alcohol motifs (C(OH)–C–C–N with tert-alkyl or cyclic N) is 1. The number of aromatic hydroxyl groups is 1. The minimum atomic E-state index is -0.792. The second kappa shape index (κ2) is 17.0. The summed E-state index contributed by atoms with van der Waals surface area (Å²) in [5.74, 6) is 0.217. The molecule has 1 saturated carbocycles. The summed E-state index contributed by atoms with van der Waals surface area (Å²) in [4.78, 5) is 40.0. The highest BCUT2D eigenvalue weighted by atomic mass is 32.1. The van der Waals surface area contributed by atoms with Gasteiger partial charge in [-0.2, -0.15) is 0 Å². The van der Waals surface area contributed by atoms with Crippen molar-refractivity contribution in [2.45, 2.75) is 109 Å². The van der Waals surface area contributed by atoms with Crippen molar-refractivity contribution in [3.05, 3.63) is 99.3 Å². The Morgan fingerprint density at radius 2 is 1.70 bits per heavy atom. The maximum absolute atomic E-state index is 14.3. The highest BCUT2D eigenvalue weighted by molar-refractivity contribution is 7.19. The third kappa shape index (κ3) is 8.11. The van der Waals surface area contributed by atoms with Crippen LogP contribution in [0.15, 0.2) is 70.7 Å². The standard InChI is InChI=1S/C47H53N7O5S2/c1-25(2)42(47(58)54-23-34(55)20-39(54)45(57)49-27(4)29-10-12-30(13-11-29)44-28(5)48-24-60-44)41-22-37(52-59-41)32-18-33(19-32)53-16-14-31(15-17-53)43-26(3)36-21-38(50-51-46(36)61-43)35-8-6-7-9-40(35)56/h6-13,21-22,24-25,27,31-34,39,42,55-56H,14-20,23H2,1-5H3,(H,49,57)/t27?,32?,33?,34-,39+,42?/m1/s1. The van der Waals surface area contributed by atoms with Gasteiger partial charge >= 0.3 is 0 Å². The molecule has 4 atom stereocenters. The van der Waals surface area contributed by atoms with Gasteiger partial charge in [0.1, 0.15) is 28.3 Å². The molecule has 4 aromatic heterocycles. The molecule has 2 amide bonds. The van der Waals surface area contributed by atoms with E-state index in [1.54, 1.807) is 33.6 Å². The van der Waals surface area contributed by atoms with Gasteiger partial charge in [0.15, 0.2) is 0 Å². The molecule has 0 spiro atoms. The van der Waals surface area contributed by atoms with E-state index in [9.17, 15) is 19.8 Å². The summed E-state index contributed by atoms with van der Waals surface area (Å²) in [6.07, 6.45) is 3.56. The number of aryl methyl sites for hydroxylation is 2. The molecule has 2 aliphatic heterocycles. The highest BCUT2D eigenvalue weighted by Crippen LogP contribution is 2.45. The summed E-state index contributed by atoms with van der Waals surface area (Å²) < 4.78 is 5.93. The number of hydrogen-bond acceptors (Lipinski definition) is 12. The average molecular weight is 860 g/mol. The van der Waals surface area contributed by atoms with E-state index in [-0.39, 0.29) is 48.4 Å². The van der Waals surface area contributed by atoms with Gasteiger partial charge in [0.2, 0.25) is 11.8 Å². The number of piperidine rings is 1. The number of aliphatic hydroxyl groups is 1. The predicted molar refractivity (Wildman–Crippen MR) is 238 cm³/mol. The van der Waals surface area contributed by atoms with E-state index in [2.05, 4.69) is 43.5 Å². The molecule has 12 nitrogen and oxygen atoms in total. The summed E-state index contributed by atoms with van der Waals surface area (Å²) in [5, 5.41) is 38.8. The lowest BCUT2D eigenvalue weighted by molar-refractivity contribution is -0.141. The van der Waals surface area contributed by atoms with Crippen LogP contribution in [-0.2, 0) is 9.59 Å². The first-order chi connectivity index (χ1) is 29.4. The first-order valence-electron chi connectivity index (χ1n) is 21.5. The SMILES string of the molecule is Cc1ncsc1-c1ccc(C(C)NC(=O)[C@@H]2C[C@@H](O)CN2C(=O)C(c2cc(C3CC(N4CCC(c5sc6nnc(-c7ccccc7O)cc6c5C)CC4)C3)no2)C(C)C)cc1. The summed E-state index contributed by atoms with van der Waals surface area (Å²) in [6.45, 7) is 12.2. The fourth-order valence-electron chi connectivity index (χ4n) is 9.66. The number of rotatable bonds is 11. The largest absolute Gasteiger partial charge is 0.507 e. The van der Waals surface area contributed by atoms with Crippen molar-refractivity contribution in [2.24, 2.45) is 5.92 Å². The van der Waals surface area contributed by atoms with Crippen molar-refractivity contribution in [3.63, 3.8) is 0 Å². The van der Waals surface area contributed by atoms with Crippen molar-refractivity contribution < 1.29 is 24.3 Å². The molecule has 2 saturated heterocycles. The molecule has 0 bridgehead atoms. The summed E-state index contributed by atoms with van der Waals surface area (Å²) >= 11 is 3.35. The molecule has 318 valence electrons. The number of carbonyl (C=O) groups is 2. The molecule has 6 aromatic rings. The Morgan fingerprint density at radius 1 is 0.951 bits per heavy atom. The molecule has 9 rings (SSSR count). The van der Waals surface area contributed by atoms with Crippen molar-refractivity contribution >= 4 is 44.7 Å². The zero-order valence-electron chi connectivity index (χ0n) is 35.2. The fourth-order valence-corrected chi connectivity index (χ4v) is 11.8. The molecule has 3 fully saturated rings. The molecule has 3 aliphatic rings. The number of nitrogens with one attached hydrogen (secondary N) is 1. The van der Waals surface area contributed by atoms with Gasteiger partial charge in [-0.15, -0.1) is 32.9 Å². The maximum atomic E-state index is 14.3. The van der Waals surface area contributed by atoms with Gasteiger partial charge in [-0.1, -0.05) is 55.4 Å². The van der Waals surface area contributed by atoms with Crippen LogP contribution in [0.4, 0.5) is 0 Å². The molecule has 0 radical (unpaired) electrons.